The van der Waals surface area contributed by atoms with Gasteiger partial charge in [0.2, 0.25) is 11.8 Å². The lowest BCUT2D eigenvalue weighted by Gasteiger charge is -2.26. The highest BCUT2D eigenvalue weighted by Gasteiger charge is 2.50. The second-order valence-corrected chi connectivity index (χ2v) is 5.50. The van der Waals surface area contributed by atoms with Crippen molar-refractivity contribution in [2.24, 2.45) is 17.3 Å². The van der Waals surface area contributed by atoms with Gasteiger partial charge in [-0.25, -0.2) is 0 Å². The number of amides is 2. The van der Waals surface area contributed by atoms with Gasteiger partial charge in [-0.15, -0.1) is 0 Å². The number of imide groups is 1. The van der Waals surface area contributed by atoms with Crippen molar-refractivity contribution in [3.63, 3.8) is 0 Å². The van der Waals surface area contributed by atoms with Crippen LogP contribution in [0.4, 0.5) is 0 Å². The molecule has 84 valence electrons. The van der Waals surface area contributed by atoms with Crippen LogP contribution in [0.1, 0.15) is 40.0 Å². The summed E-state index contributed by atoms with van der Waals surface area (Å²) >= 11 is 0. The Balaban J connectivity index is 2.14. The van der Waals surface area contributed by atoms with E-state index in [2.05, 4.69) is 0 Å². The summed E-state index contributed by atoms with van der Waals surface area (Å²) in [7, 11) is 0. The van der Waals surface area contributed by atoms with Crippen LogP contribution in [0, 0.1) is 17.3 Å². The number of nitrogens with zero attached hydrogens (tertiary/aromatic N) is 1. The van der Waals surface area contributed by atoms with Crippen LogP contribution >= 0.6 is 0 Å². The number of carbonyl (C=O) groups excluding carboxylic acids is 2. The summed E-state index contributed by atoms with van der Waals surface area (Å²) in [5.74, 6) is 0.906. The summed E-state index contributed by atoms with van der Waals surface area (Å²) < 4.78 is 0. The zero-order valence-corrected chi connectivity index (χ0v) is 9.75. The molecule has 2 amide bonds. The monoisotopic (exact) mass is 209 g/mol. The molecule has 0 aromatic rings. The third-order valence-corrected chi connectivity index (χ3v) is 3.97. The Morgan fingerprint density at radius 2 is 2.00 bits per heavy atom. The van der Waals surface area contributed by atoms with Crippen LogP contribution < -0.4 is 0 Å². The molecule has 1 unspecified atom stereocenters. The van der Waals surface area contributed by atoms with Crippen molar-refractivity contribution < 1.29 is 9.59 Å². The van der Waals surface area contributed by atoms with Gasteiger partial charge >= 0.3 is 0 Å². The number of carbonyl (C=O) groups is 2. The van der Waals surface area contributed by atoms with E-state index < -0.39 is 5.41 Å². The summed E-state index contributed by atoms with van der Waals surface area (Å²) in [6, 6.07) is 0. The minimum atomic E-state index is -0.452. The van der Waals surface area contributed by atoms with Crippen LogP contribution in [0.3, 0.4) is 0 Å². The first-order valence-corrected chi connectivity index (χ1v) is 5.80. The molecule has 0 N–H and O–H groups in total. The van der Waals surface area contributed by atoms with Gasteiger partial charge < -0.3 is 0 Å². The highest BCUT2D eigenvalue weighted by Crippen LogP contribution is 2.41. The van der Waals surface area contributed by atoms with Gasteiger partial charge in [0.1, 0.15) is 0 Å². The molecular formula is C12H19NO2. The molecule has 0 aromatic carbocycles. The van der Waals surface area contributed by atoms with Crippen molar-refractivity contribution in [3.05, 3.63) is 0 Å². The molecule has 2 rings (SSSR count). The van der Waals surface area contributed by atoms with Crippen molar-refractivity contribution in [2.45, 2.75) is 40.0 Å². The predicted molar refractivity (Wildman–Crippen MR) is 57.0 cm³/mol. The molecule has 3 heteroatoms. The Morgan fingerprint density at radius 1 is 1.40 bits per heavy atom. The van der Waals surface area contributed by atoms with Crippen molar-refractivity contribution >= 4 is 11.8 Å². The molecule has 0 radical (unpaired) electrons. The molecule has 0 bridgehead atoms. The zero-order valence-electron chi connectivity index (χ0n) is 9.75. The van der Waals surface area contributed by atoms with Gasteiger partial charge in [0.05, 0.1) is 5.41 Å². The van der Waals surface area contributed by atoms with E-state index >= 15 is 0 Å². The lowest BCUT2D eigenvalue weighted by molar-refractivity contribution is -0.142. The highest BCUT2D eigenvalue weighted by molar-refractivity contribution is 6.05. The first-order chi connectivity index (χ1) is 6.95. The van der Waals surface area contributed by atoms with E-state index in [1.54, 1.807) is 0 Å². The topological polar surface area (TPSA) is 37.4 Å². The van der Waals surface area contributed by atoms with Gasteiger partial charge in [-0.3, -0.25) is 14.5 Å². The maximum Gasteiger partial charge on any atom is 0.235 e. The van der Waals surface area contributed by atoms with Crippen molar-refractivity contribution in [1.82, 2.24) is 4.90 Å². The fourth-order valence-corrected chi connectivity index (χ4v) is 2.10. The minimum absolute atomic E-state index is 0.0306. The van der Waals surface area contributed by atoms with Gasteiger partial charge in [0, 0.05) is 13.0 Å². The average molecular weight is 209 g/mol. The van der Waals surface area contributed by atoms with Gasteiger partial charge in [-0.1, -0.05) is 13.8 Å². The van der Waals surface area contributed by atoms with E-state index in [9.17, 15) is 9.59 Å². The molecule has 1 saturated carbocycles. The van der Waals surface area contributed by atoms with Crippen molar-refractivity contribution in [3.8, 4) is 0 Å². The standard InChI is InChI=1S/C12H19NO2/c1-8(2)12(3)6-10(14)13(11(12)15)7-9-4-5-9/h8-9H,4-7H2,1-3H3. The maximum absolute atomic E-state index is 12.1. The molecule has 1 atom stereocenters. The Labute approximate surface area is 90.8 Å². The Kier molecular flexibility index (Phi) is 2.36. The Hall–Kier alpha value is -0.860. The minimum Gasteiger partial charge on any atom is -0.282 e. The summed E-state index contributed by atoms with van der Waals surface area (Å²) in [4.78, 5) is 25.4. The fourth-order valence-electron chi connectivity index (χ4n) is 2.10. The van der Waals surface area contributed by atoms with E-state index in [0.29, 0.717) is 18.9 Å². The van der Waals surface area contributed by atoms with Crippen molar-refractivity contribution in [2.75, 3.05) is 6.54 Å². The van der Waals surface area contributed by atoms with E-state index in [0.717, 1.165) is 0 Å². The van der Waals surface area contributed by atoms with Gasteiger partial charge in [0.15, 0.2) is 0 Å². The van der Waals surface area contributed by atoms with Crippen LogP contribution in [0.25, 0.3) is 0 Å². The van der Waals surface area contributed by atoms with Gasteiger partial charge in [-0.2, -0.15) is 0 Å². The molecule has 2 fully saturated rings. The lowest BCUT2D eigenvalue weighted by atomic mass is 9.78. The van der Waals surface area contributed by atoms with Gasteiger partial charge in [-0.05, 0) is 31.6 Å². The molecular weight excluding hydrogens is 190 g/mol. The second-order valence-electron chi connectivity index (χ2n) is 5.50. The number of hydrogen-bond donors (Lipinski definition) is 0. The molecule has 1 aliphatic heterocycles. The van der Waals surface area contributed by atoms with E-state index in [1.165, 1.54) is 17.7 Å². The smallest absolute Gasteiger partial charge is 0.235 e. The molecule has 15 heavy (non-hydrogen) atoms. The maximum atomic E-state index is 12.1. The first-order valence-electron chi connectivity index (χ1n) is 5.80. The lowest BCUT2D eigenvalue weighted by Crippen LogP contribution is -2.37. The Bertz CT molecular complexity index is 307. The molecule has 1 saturated heterocycles. The summed E-state index contributed by atoms with van der Waals surface area (Å²) in [5.41, 5.74) is -0.452. The summed E-state index contributed by atoms with van der Waals surface area (Å²) in [6.07, 6.45) is 2.75. The molecule has 2 aliphatic rings. The Morgan fingerprint density at radius 3 is 2.40 bits per heavy atom. The number of hydrogen-bond acceptors (Lipinski definition) is 2. The third-order valence-electron chi connectivity index (χ3n) is 3.97. The molecule has 1 heterocycles. The van der Waals surface area contributed by atoms with Crippen molar-refractivity contribution in [1.29, 1.82) is 0 Å². The molecule has 0 spiro atoms. The van der Waals surface area contributed by atoms with Gasteiger partial charge in [0.25, 0.3) is 0 Å². The zero-order chi connectivity index (χ0) is 11.2. The third kappa shape index (κ3) is 1.68. The SMILES string of the molecule is CC(C)C1(C)CC(=O)N(CC2CC2)C1=O. The fraction of sp³-hybridized carbons (Fsp3) is 0.833. The summed E-state index contributed by atoms with van der Waals surface area (Å²) in [5, 5.41) is 0. The second kappa shape index (κ2) is 3.32. The number of likely N-dealkylation sites (tertiary alicyclic amines) is 1. The molecule has 1 aliphatic carbocycles. The predicted octanol–water partition coefficient (Wildman–Crippen LogP) is 1.82. The van der Waals surface area contributed by atoms with Crippen LogP contribution in [0.2, 0.25) is 0 Å². The van der Waals surface area contributed by atoms with E-state index in [4.69, 9.17) is 0 Å². The van der Waals surface area contributed by atoms with E-state index in [1.807, 2.05) is 20.8 Å². The van der Waals surface area contributed by atoms with Crippen LogP contribution in [-0.4, -0.2) is 23.3 Å². The van der Waals surface area contributed by atoms with Crippen LogP contribution in [-0.2, 0) is 9.59 Å². The highest BCUT2D eigenvalue weighted by atomic mass is 16.2. The van der Waals surface area contributed by atoms with E-state index in [-0.39, 0.29) is 17.7 Å². The molecule has 0 aromatic heterocycles. The normalized spacial score (nSPS) is 31.9. The average Bonchev–Trinajstić information content (AvgIpc) is 2.92. The summed E-state index contributed by atoms with van der Waals surface area (Å²) in [6.45, 7) is 6.63. The van der Waals surface area contributed by atoms with Crippen LogP contribution in [0.15, 0.2) is 0 Å². The first kappa shape index (κ1) is 10.7. The largest absolute Gasteiger partial charge is 0.282 e. The number of rotatable bonds is 3. The molecule has 3 nitrogen and oxygen atoms in total. The quantitative estimate of drug-likeness (QED) is 0.665. The van der Waals surface area contributed by atoms with Crippen LogP contribution in [0.5, 0.6) is 0 Å².